The molecule has 0 spiro atoms. The lowest BCUT2D eigenvalue weighted by molar-refractivity contribution is -0.118. The van der Waals surface area contributed by atoms with Crippen LogP contribution in [0.1, 0.15) is 45.1 Å². The Hall–Kier alpha value is -1.39. The predicted molar refractivity (Wildman–Crippen MR) is 114 cm³/mol. The van der Waals surface area contributed by atoms with Gasteiger partial charge in [0.05, 0.1) is 6.54 Å². The van der Waals surface area contributed by atoms with Crippen LogP contribution in [0.5, 0.6) is 0 Å². The number of piperazine rings is 1. The van der Waals surface area contributed by atoms with Crippen LogP contribution in [0.25, 0.3) is 0 Å². The Morgan fingerprint density at radius 1 is 1.04 bits per heavy atom. The first-order chi connectivity index (χ1) is 13.1. The van der Waals surface area contributed by atoms with Crippen molar-refractivity contribution in [2.45, 2.75) is 46.0 Å². The number of piperidine rings is 1. The molecule has 0 saturated carbocycles. The van der Waals surface area contributed by atoms with Crippen LogP contribution in [-0.2, 0) is 11.2 Å². The minimum Gasteiger partial charge on any atom is -0.369 e. The van der Waals surface area contributed by atoms with E-state index in [0.29, 0.717) is 12.3 Å². The SMILES string of the molecule is CCCc1cccc(N2CCN(CCC3CCN(CC(C)=O)CC3)CC2)c1. The summed E-state index contributed by atoms with van der Waals surface area (Å²) in [6, 6.07) is 9.12. The molecule has 3 rings (SSSR count). The Kier molecular flexibility index (Phi) is 7.71. The molecule has 1 aromatic rings. The standard InChI is InChI=1S/C23H37N3O/c1-3-5-22-6-4-7-23(18-22)26-16-14-24(15-17-26)11-8-21-9-12-25(13-10-21)19-20(2)27/h4,6-7,18,21H,3,5,8-17,19H2,1-2H3. The Balaban J connectivity index is 1.36. The first kappa shape index (κ1) is 20.3. The summed E-state index contributed by atoms with van der Waals surface area (Å²) < 4.78 is 0. The summed E-state index contributed by atoms with van der Waals surface area (Å²) in [6.45, 7) is 12.7. The number of nitrogens with zero attached hydrogens (tertiary/aromatic N) is 3. The first-order valence-corrected chi connectivity index (χ1v) is 10.9. The van der Waals surface area contributed by atoms with Crippen LogP contribution >= 0.6 is 0 Å². The maximum absolute atomic E-state index is 11.3. The molecule has 0 N–H and O–H groups in total. The summed E-state index contributed by atoms with van der Waals surface area (Å²) in [5.74, 6) is 1.14. The van der Waals surface area contributed by atoms with Crippen LogP contribution in [0.2, 0.25) is 0 Å². The van der Waals surface area contributed by atoms with Crippen molar-refractivity contribution in [1.29, 1.82) is 0 Å². The molecule has 2 aliphatic rings. The zero-order valence-corrected chi connectivity index (χ0v) is 17.3. The van der Waals surface area contributed by atoms with Gasteiger partial charge in [-0.3, -0.25) is 14.6 Å². The molecule has 0 aliphatic carbocycles. The number of rotatable bonds is 8. The van der Waals surface area contributed by atoms with Crippen molar-refractivity contribution in [1.82, 2.24) is 9.80 Å². The smallest absolute Gasteiger partial charge is 0.143 e. The Bertz CT molecular complexity index is 587. The fourth-order valence-electron chi connectivity index (χ4n) is 4.54. The van der Waals surface area contributed by atoms with Gasteiger partial charge in [0, 0.05) is 31.9 Å². The van der Waals surface area contributed by atoms with E-state index in [-0.39, 0.29) is 0 Å². The summed E-state index contributed by atoms with van der Waals surface area (Å²) >= 11 is 0. The highest BCUT2D eigenvalue weighted by atomic mass is 16.1. The summed E-state index contributed by atoms with van der Waals surface area (Å²) in [7, 11) is 0. The highest BCUT2D eigenvalue weighted by Crippen LogP contribution is 2.22. The van der Waals surface area contributed by atoms with Gasteiger partial charge in [0.25, 0.3) is 0 Å². The fourth-order valence-corrected chi connectivity index (χ4v) is 4.54. The van der Waals surface area contributed by atoms with Gasteiger partial charge >= 0.3 is 0 Å². The normalized spacial score (nSPS) is 20.1. The van der Waals surface area contributed by atoms with E-state index >= 15 is 0 Å². The van der Waals surface area contributed by atoms with Crippen molar-refractivity contribution in [3.05, 3.63) is 29.8 Å². The number of carbonyl (C=O) groups is 1. The van der Waals surface area contributed by atoms with Gasteiger partial charge in [-0.15, -0.1) is 0 Å². The number of likely N-dealkylation sites (tertiary alicyclic amines) is 1. The number of anilines is 1. The zero-order chi connectivity index (χ0) is 19.1. The van der Waals surface area contributed by atoms with Crippen LogP contribution in [-0.4, -0.2) is 67.9 Å². The number of aryl methyl sites for hydroxylation is 1. The molecule has 1 aromatic carbocycles. The minimum absolute atomic E-state index is 0.298. The van der Waals surface area contributed by atoms with E-state index in [4.69, 9.17) is 0 Å². The third-order valence-electron chi connectivity index (χ3n) is 6.19. The van der Waals surface area contributed by atoms with E-state index < -0.39 is 0 Å². The van der Waals surface area contributed by atoms with Crippen molar-refractivity contribution in [2.75, 3.05) is 57.3 Å². The van der Waals surface area contributed by atoms with Gasteiger partial charge in [-0.25, -0.2) is 0 Å². The van der Waals surface area contributed by atoms with Gasteiger partial charge in [-0.2, -0.15) is 0 Å². The summed E-state index contributed by atoms with van der Waals surface area (Å²) in [6.07, 6.45) is 6.23. The van der Waals surface area contributed by atoms with Crippen molar-refractivity contribution in [3.8, 4) is 0 Å². The minimum atomic E-state index is 0.298. The molecule has 0 unspecified atom stereocenters. The van der Waals surface area contributed by atoms with Crippen molar-refractivity contribution in [3.63, 3.8) is 0 Å². The molecule has 27 heavy (non-hydrogen) atoms. The van der Waals surface area contributed by atoms with E-state index in [1.165, 1.54) is 63.0 Å². The van der Waals surface area contributed by atoms with E-state index in [1.807, 2.05) is 0 Å². The van der Waals surface area contributed by atoms with Crippen LogP contribution in [0.3, 0.4) is 0 Å². The molecule has 0 radical (unpaired) electrons. The molecule has 2 aliphatic heterocycles. The second-order valence-electron chi connectivity index (χ2n) is 8.46. The third kappa shape index (κ3) is 6.32. The number of carbonyl (C=O) groups excluding carboxylic acids is 1. The summed E-state index contributed by atoms with van der Waals surface area (Å²) in [5, 5.41) is 0. The lowest BCUT2D eigenvalue weighted by Gasteiger charge is -2.37. The number of hydrogen-bond acceptors (Lipinski definition) is 4. The van der Waals surface area contributed by atoms with E-state index in [1.54, 1.807) is 6.92 Å². The highest BCUT2D eigenvalue weighted by Gasteiger charge is 2.22. The van der Waals surface area contributed by atoms with Crippen LogP contribution in [0, 0.1) is 5.92 Å². The summed E-state index contributed by atoms with van der Waals surface area (Å²) in [5.41, 5.74) is 2.87. The van der Waals surface area contributed by atoms with Crippen molar-refractivity contribution < 1.29 is 4.79 Å². The average Bonchev–Trinajstić information content (AvgIpc) is 2.68. The van der Waals surface area contributed by atoms with Gasteiger partial charge in [-0.05, 0) is 75.9 Å². The molecular formula is C23H37N3O. The van der Waals surface area contributed by atoms with Gasteiger partial charge in [0.2, 0.25) is 0 Å². The van der Waals surface area contributed by atoms with Crippen molar-refractivity contribution >= 4 is 11.5 Å². The maximum Gasteiger partial charge on any atom is 0.143 e. The topological polar surface area (TPSA) is 26.8 Å². The quantitative estimate of drug-likeness (QED) is 0.699. The number of benzene rings is 1. The largest absolute Gasteiger partial charge is 0.369 e. The molecule has 4 heteroatoms. The first-order valence-electron chi connectivity index (χ1n) is 10.9. The molecule has 2 heterocycles. The Labute approximate surface area is 165 Å². The molecule has 0 atom stereocenters. The Morgan fingerprint density at radius 2 is 1.78 bits per heavy atom. The molecular weight excluding hydrogens is 334 g/mol. The summed E-state index contributed by atoms with van der Waals surface area (Å²) in [4.78, 5) is 18.8. The second-order valence-corrected chi connectivity index (χ2v) is 8.46. The van der Waals surface area contributed by atoms with Gasteiger partial charge in [-0.1, -0.05) is 25.5 Å². The molecule has 2 fully saturated rings. The average molecular weight is 372 g/mol. The van der Waals surface area contributed by atoms with Crippen LogP contribution < -0.4 is 4.90 Å². The number of hydrogen-bond donors (Lipinski definition) is 0. The van der Waals surface area contributed by atoms with Gasteiger partial charge in [0.1, 0.15) is 5.78 Å². The molecule has 0 amide bonds. The predicted octanol–water partition coefficient (Wildman–Crippen LogP) is 3.45. The van der Waals surface area contributed by atoms with E-state index in [2.05, 4.69) is 45.9 Å². The maximum atomic E-state index is 11.3. The van der Waals surface area contributed by atoms with E-state index in [0.717, 1.165) is 32.1 Å². The number of Topliss-reactive ketones (excluding diaryl/α,β-unsaturated/α-hetero) is 1. The molecule has 0 aromatic heterocycles. The van der Waals surface area contributed by atoms with E-state index in [9.17, 15) is 4.79 Å². The lowest BCUT2D eigenvalue weighted by atomic mass is 9.93. The monoisotopic (exact) mass is 371 g/mol. The van der Waals surface area contributed by atoms with Gasteiger partial charge in [0.15, 0.2) is 0 Å². The lowest BCUT2D eigenvalue weighted by Crippen LogP contribution is -2.47. The number of ketones is 1. The zero-order valence-electron chi connectivity index (χ0n) is 17.3. The molecule has 4 nitrogen and oxygen atoms in total. The Morgan fingerprint density at radius 3 is 2.44 bits per heavy atom. The van der Waals surface area contributed by atoms with Gasteiger partial charge < -0.3 is 4.90 Å². The fraction of sp³-hybridized carbons (Fsp3) is 0.696. The molecule has 0 bridgehead atoms. The van der Waals surface area contributed by atoms with Crippen molar-refractivity contribution in [2.24, 2.45) is 5.92 Å². The second kappa shape index (κ2) is 10.2. The van der Waals surface area contributed by atoms with Crippen LogP contribution in [0.4, 0.5) is 5.69 Å². The molecule has 150 valence electrons. The highest BCUT2D eigenvalue weighted by molar-refractivity contribution is 5.77. The molecule has 2 saturated heterocycles. The third-order valence-corrected chi connectivity index (χ3v) is 6.19. The van der Waals surface area contributed by atoms with Crippen LogP contribution in [0.15, 0.2) is 24.3 Å².